The standard InChI is InChI=1S/C26H30N2O5.C25H26N2O4.C15H18N2O4.C11H12O.Na/c1-28(2)23(18-12-19-16-9-10-17(11-16)21(19)20(29)13-18)24-22(26(30)31-3)25(27-33-24)32-14-15-7-5-4-6-8-15;1-27(2)21-17-11-16-14-8-9-15(10-14)18(16)22(28)19(17)23(29)20-24(21)31-26-25(20)30-12-13-6-4-3-5-7-13;1-17(2)8-13-14(12(19)9-18)15(16-21-13)20-10-11-6-4-3-5-7-11;12-10-3-1-2-9-7-4-5-8(6-7)11(9)10;/h4-10,13,16-19,21,23,29H,11-12,14H2,1-3H3;3-9,14-18,21,29H,10-12H2,1-2H3;3-7,18H,8-10H2,1-2H3;1,3-5,7-9,11H,2,6H2;/q;;;;+1/p-1/t16-,17+,18+,19-,21+,23+;14-,15+,16-,17+,18+,21+;;7-,8+,9-,11+;/m00.0./s1. The van der Waals surface area contributed by atoms with E-state index in [-0.39, 0.29) is 125 Å². The number of allylic oxidation sites excluding steroid dienone is 9. The van der Waals surface area contributed by atoms with Gasteiger partial charge >= 0.3 is 35.5 Å². The van der Waals surface area contributed by atoms with Crippen LogP contribution in [0.25, 0.3) is 5.76 Å². The van der Waals surface area contributed by atoms with Crippen molar-refractivity contribution in [1.82, 2.24) is 30.2 Å². The second kappa shape index (κ2) is 30.3. The first-order chi connectivity index (χ1) is 47.0. The van der Waals surface area contributed by atoms with Crippen molar-refractivity contribution in [3.8, 4) is 17.6 Å². The maximum absolute atomic E-state index is 13.7. The van der Waals surface area contributed by atoms with E-state index in [1.165, 1.54) is 13.5 Å². The van der Waals surface area contributed by atoms with Crippen molar-refractivity contribution >= 4 is 29.1 Å². The van der Waals surface area contributed by atoms with Crippen molar-refractivity contribution in [2.24, 2.45) is 82.9 Å². The van der Waals surface area contributed by atoms with E-state index in [1.807, 2.05) is 149 Å². The molecule has 16 atom stereocenters. The van der Waals surface area contributed by atoms with Crippen molar-refractivity contribution in [3.05, 3.63) is 208 Å². The fourth-order valence-electron chi connectivity index (χ4n) is 17.4. The first-order valence-electron chi connectivity index (χ1n) is 33.8. The summed E-state index contributed by atoms with van der Waals surface area (Å²) in [4.78, 5) is 55.7. The Morgan fingerprint density at radius 2 is 1.14 bits per heavy atom. The van der Waals surface area contributed by atoms with Gasteiger partial charge in [-0.25, -0.2) is 4.79 Å². The minimum atomic E-state index is -0.608. The summed E-state index contributed by atoms with van der Waals surface area (Å²) >= 11 is 0. The molecule has 4 saturated carbocycles. The normalized spacial score (nSPS) is 28.3. The number of benzene rings is 3. The molecule has 20 nitrogen and oxygen atoms in total. The molecule has 3 aromatic heterocycles. The average molecular weight is 1340 g/mol. The predicted molar refractivity (Wildman–Crippen MR) is 356 cm³/mol. The minimum absolute atomic E-state index is 0. The van der Waals surface area contributed by atoms with E-state index in [4.69, 9.17) is 37.6 Å². The number of hydrogen-bond donors (Lipinski definition) is 2. The Labute approximate surface area is 593 Å². The van der Waals surface area contributed by atoms with Gasteiger partial charge < -0.3 is 52.7 Å². The molecule has 0 spiro atoms. The van der Waals surface area contributed by atoms with Crippen molar-refractivity contribution in [2.45, 2.75) is 77.0 Å². The smallest absolute Gasteiger partial charge is 0.875 e. The van der Waals surface area contributed by atoms with Crippen LogP contribution in [-0.2, 0) is 40.7 Å². The van der Waals surface area contributed by atoms with Crippen LogP contribution in [0.1, 0.15) is 111 Å². The van der Waals surface area contributed by atoms with E-state index < -0.39 is 18.4 Å². The van der Waals surface area contributed by atoms with Crippen LogP contribution in [0.5, 0.6) is 17.6 Å². The number of fused-ring (bicyclic) bond motifs is 17. The van der Waals surface area contributed by atoms with Gasteiger partial charge in [0.05, 0.1) is 25.7 Å². The zero-order chi connectivity index (χ0) is 67.8. The fourth-order valence-corrected chi connectivity index (χ4v) is 17.4. The number of carbonyl (C=O) groups is 4. The summed E-state index contributed by atoms with van der Waals surface area (Å²) in [6.07, 6.45) is 25.5. The van der Waals surface area contributed by atoms with Crippen LogP contribution >= 0.6 is 0 Å². The minimum Gasteiger partial charge on any atom is -0.875 e. The molecule has 3 aromatic carbocycles. The summed E-state index contributed by atoms with van der Waals surface area (Å²) in [5, 5.41) is 45.6. The van der Waals surface area contributed by atoms with E-state index in [1.54, 1.807) is 6.08 Å². The third kappa shape index (κ3) is 13.9. The van der Waals surface area contributed by atoms with Crippen LogP contribution in [0.2, 0.25) is 0 Å². The Morgan fingerprint density at radius 3 is 1.68 bits per heavy atom. The molecule has 0 saturated heterocycles. The maximum Gasteiger partial charge on any atom is 1.00 e. The van der Waals surface area contributed by atoms with Gasteiger partial charge in [-0.05, 0) is 184 Å². The van der Waals surface area contributed by atoms with Gasteiger partial charge in [0, 0.05) is 23.3 Å². The molecular formula is C77H85N6NaO14. The predicted octanol–water partition coefficient (Wildman–Crippen LogP) is 7.96. The number of aromatic nitrogens is 3. The van der Waals surface area contributed by atoms with Crippen LogP contribution in [0.3, 0.4) is 0 Å². The summed E-state index contributed by atoms with van der Waals surface area (Å²) in [6, 6.07) is 28.5. The van der Waals surface area contributed by atoms with E-state index >= 15 is 0 Å². The van der Waals surface area contributed by atoms with E-state index in [0.717, 1.165) is 48.8 Å². The van der Waals surface area contributed by atoms with Gasteiger partial charge in [-0.1, -0.05) is 140 Å². The zero-order valence-electron chi connectivity index (χ0n) is 56.8. The molecule has 2 N–H and O–H groups in total. The molecule has 16 rings (SSSR count). The third-order valence-corrected chi connectivity index (χ3v) is 21.6. The molecular weight excluding hydrogens is 1260 g/mol. The number of carbonyl (C=O) groups excluding carboxylic acids is 4. The van der Waals surface area contributed by atoms with Crippen LogP contribution in [0, 0.1) is 82.9 Å². The second-order valence-electron chi connectivity index (χ2n) is 28.1. The summed E-state index contributed by atoms with van der Waals surface area (Å²) in [5.74, 6) is 5.98. The number of aliphatic hydroxyl groups is 2. The van der Waals surface area contributed by atoms with Crippen molar-refractivity contribution < 1.29 is 96.6 Å². The Morgan fingerprint density at radius 1 is 0.633 bits per heavy atom. The Bertz CT molecular complexity index is 4040. The number of hydrogen-bond acceptors (Lipinski definition) is 20. The van der Waals surface area contributed by atoms with Gasteiger partial charge in [0.2, 0.25) is 0 Å². The third-order valence-electron chi connectivity index (χ3n) is 21.6. The van der Waals surface area contributed by atoms with Crippen molar-refractivity contribution in [1.29, 1.82) is 0 Å². The number of aliphatic hydroxyl groups excluding tert-OH is 2. The Balaban J connectivity index is 0.000000130. The number of nitrogens with zero attached hydrogens (tertiary/aromatic N) is 6. The Hall–Kier alpha value is -7.95. The second-order valence-corrected chi connectivity index (χ2v) is 28.1. The number of ketones is 3. The summed E-state index contributed by atoms with van der Waals surface area (Å²) in [6.45, 7) is 0.634. The molecule has 0 amide bonds. The average Bonchev–Trinajstić information content (AvgIpc) is 1.44. The van der Waals surface area contributed by atoms with E-state index in [9.17, 15) is 29.4 Å². The maximum atomic E-state index is 13.7. The summed E-state index contributed by atoms with van der Waals surface area (Å²) in [7, 11) is 12.8. The molecule has 10 aliphatic carbocycles. The van der Waals surface area contributed by atoms with Crippen LogP contribution < -0.4 is 48.9 Å². The first kappa shape index (κ1) is 69.9. The van der Waals surface area contributed by atoms with Crippen LogP contribution in [-0.4, -0.2) is 120 Å². The SMILES string of the molecule is CN(C)Cc1onc(OCc2ccccc2)c1C(=O)CO.CN(C)[C@H]1c2onc(OCc3ccccc3)c2C(O)=C2C(=O)[C@H]3[C@@H](C[C@H]21)[C@H]1C=C[C@@H]3C1.COC(=O)c1c(OCc2ccccc2)noc1[C@@H]([C@H]1C=C([O-])[C@H]2[C@@H](C1)[C@H]1C=C[C@@H]2C1)N(C)C.O=C1C=CC[C@@H]2[C@H]1[C@@H]1C=C[C@H]2C1.[Na+]. The molecule has 508 valence electrons. The van der Waals surface area contributed by atoms with Crippen molar-refractivity contribution in [2.75, 3.05) is 56.0 Å². The number of methoxy groups -OCH3 is 1. The molecule has 6 bridgehead atoms. The largest absolute Gasteiger partial charge is 1.00 e. The zero-order valence-corrected chi connectivity index (χ0v) is 58.8. The Kier molecular flexibility index (Phi) is 21.6. The quantitative estimate of drug-likeness (QED) is 0.0358. The van der Waals surface area contributed by atoms with Gasteiger partial charge in [-0.2, -0.15) is 0 Å². The van der Waals surface area contributed by atoms with Crippen LogP contribution in [0.15, 0.2) is 171 Å². The number of esters is 1. The molecule has 98 heavy (non-hydrogen) atoms. The van der Waals surface area contributed by atoms with Gasteiger partial charge in [0.15, 0.2) is 40.2 Å². The molecule has 0 radical (unpaired) electrons. The van der Waals surface area contributed by atoms with Crippen LogP contribution in [0.4, 0.5) is 0 Å². The molecule has 6 aromatic rings. The number of Topliss-reactive ketones (excluding diaryl/α,β-unsaturated/α-hetero) is 2. The van der Waals surface area contributed by atoms with Gasteiger partial charge in [0.25, 0.3) is 17.6 Å². The molecule has 0 unspecified atom stereocenters. The summed E-state index contributed by atoms with van der Waals surface area (Å²) < 4.78 is 39.0. The van der Waals surface area contributed by atoms with E-state index in [2.05, 4.69) is 62.9 Å². The van der Waals surface area contributed by atoms with Crippen molar-refractivity contribution in [3.63, 3.8) is 0 Å². The van der Waals surface area contributed by atoms with E-state index in [0.29, 0.717) is 107 Å². The van der Waals surface area contributed by atoms with Gasteiger partial charge in [-0.15, -0.1) is 5.76 Å². The van der Waals surface area contributed by atoms with Gasteiger partial charge in [0.1, 0.15) is 43.3 Å². The molecule has 10 aliphatic rings. The topological polar surface area (TPSA) is 257 Å². The molecule has 21 heteroatoms. The first-order valence-corrected chi connectivity index (χ1v) is 33.8. The monoisotopic (exact) mass is 1340 g/mol. The van der Waals surface area contributed by atoms with Gasteiger partial charge in [-0.3, -0.25) is 24.2 Å². The fraction of sp³-hybridized carbons (Fsp3) is 0.442. The molecule has 4 fully saturated rings. The number of ether oxygens (including phenoxy) is 4. The molecule has 0 aliphatic heterocycles. The number of rotatable bonds is 18. The molecule has 3 heterocycles. The summed E-state index contributed by atoms with van der Waals surface area (Å²) in [5.41, 5.74) is 4.27.